The summed E-state index contributed by atoms with van der Waals surface area (Å²) in [5.74, 6) is 1.12. The number of halogens is 1. The van der Waals surface area contributed by atoms with Crippen LogP contribution in [0.3, 0.4) is 0 Å². The first kappa shape index (κ1) is 14.1. The predicted molar refractivity (Wildman–Crippen MR) is 85.8 cm³/mol. The molecule has 1 aromatic carbocycles. The standard InChI is InChI=1S/C14H16BrNS2/c15-14-7-6-13(18-14)8-9-16-10-11-17-12-4-2-1-3-5-12/h1-7,16H,8-11H2. The lowest BCUT2D eigenvalue weighted by Gasteiger charge is -2.03. The molecule has 0 fully saturated rings. The van der Waals surface area contributed by atoms with Gasteiger partial charge in [-0.1, -0.05) is 18.2 Å². The van der Waals surface area contributed by atoms with Gasteiger partial charge in [-0.2, -0.15) is 0 Å². The minimum atomic E-state index is 1.06. The van der Waals surface area contributed by atoms with Crippen molar-refractivity contribution in [2.45, 2.75) is 11.3 Å². The lowest BCUT2D eigenvalue weighted by molar-refractivity contribution is 0.725. The van der Waals surface area contributed by atoms with Gasteiger partial charge in [0.1, 0.15) is 0 Å². The Balaban J connectivity index is 1.54. The molecule has 1 N–H and O–H groups in total. The van der Waals surface area contributed by atoms with Gasteiger partial charge in [0.25, 0.3) is 0 Å². The molecule has 0 atom stereocenters. The van der Waals surface area contributed by atoms with E-state index in [0.29, 0.717) is 0 Å². The van der Waals surface area contributed by atoms with Crippen molar-refractivity contribution in [3.63, 3.8) is 0 Å². The van der Waals surface area contributed by atoms with Crippen molar-refractivity contribution in [3.05, 3.63) is 51.1 Å². The summed E-state index contributed by atoms with van der Waals surface area (Å²) in [5, 5.41) is 3.48. The fourth-order valence-corrected chi connectivity index (χ4v) is 3.89. The third-order valence-corrected chi connectivity index (χ3v) is 5.16. The summed E-state index contributed by atoms with van der Waals surface area (Å²) < 4.78 is 1.22. The SMILES string of the molecule is Brc1ccc(CCNCCSc2ccccc2)s1. The first-order chi connectivity index (χ1) is 8.84. The topological polar surface area (TPSA) is 12.0 Å². The zero-order valence-electron chi connectivity index (χ0n) is 10.1. The van der Waals surface area contributed by atoms with Crippen LogP contribution in [0, 0.1) is 0 Å². The number of thiophene rings is 1. The number of thioether (sulfide) groups is 1. The molecule has 0 bridgehead atoms. The zero-order valence-corrected chi connectivity index (χ0v) is 13.3. The molecule has 0 aliphatic rings. The van der Waals surface area contributed by atoms with E-state index < -0.39 is 0 Å². The Hall–Kier alpha value is -0.290. The van der Waals surface area contributed by atoms with Crippen molar-refractivity contribution >= 4 is 39.0 Å². The second-order valence-electron chi connectivity index (χ2n) is 3.87. The van der Waals surface area contributed by atoms with Crippen molar-refractivity contribution in [3.8, 4) is 0 Å². The molecule has 2 aromatic rings. The van der Waals surface area contributed by atoms with E-state index in [-0.39, 0.29) is 0 Å². The van der Waals surface area contributed by atoms with Crippen LogP contribution in [0.4, 0.5) is 0 Å². The first-order valence-electron chi connectivity index (χ1n) is 5.97. The van der Waals surface area contributed by atoms with Gasteiger partial charge in [-0.15, -0.1) is 23.1 Å². The maximum absolute atomic E-state index is 3.49. The Kier molecular flexibility index (Phi) is 6.28. The van der Waals surface area contributed by atoms with Crippen molar-refractivity contribution < 1.29 is 0 Å². The van der Waals surface area contributed by atoms with Gasteiger partial charge in [-0.3, -0.25) is 0 Å². The average Bonchev–Trinajstić information content (AvgIpc) is 2.81. The fraction of sp³-hybridized carbons (Fsp3) is 0.286. The van der Waals surface area contributed by atoms with E-state index in [1.807, 2.05) is 23.1 Å². The maximum atomic E-state index is 3.49. The molecule has 0 amide bonds. The minimum Gasteiger partial charge on any atom is -0.316 e. The smallest absolute Gasteiger partial charge is 0.0701 e. The molecule has 1 nitrogen and oxygen atoms in total. The predicted octanol–water partition coefficient (Wildman–Crippen LogP) is 4.44. The number of hydrogen-bond acceptors (Lipinski definition) is 3. The highest BCUT2D eigenvalue weighted by molar-refractivity contribution is 9.11. The number of benzene rings is 1. The van der Waals surface area contributed by atoms with Crippen LogP contribution < -0.4 is 5.32 Å². The van der Waals surface area contributed by atoms with E-state index >= 15 is 0 Å². The Morgan fingerprint density at radius 2 is 1.89 bits per heavy atom. The Labute approximate surface area is 125 Å². The van der Waals surface area contributed by atoms with E-state index in [1.165, 1.54) is 13.6 Å². The van der Waals surface area contributed by atoms with Crippen LogP contribution in [0.1, 0.15) is 4.88 Å². The van der Waals surface area contributed by atoms with Gasteiger partial charge in [-0.25, -0.2) is 0 Å². The Morgan fingerprint density at radius 3 is 2.61 bits per heavy atom. The molecule has 4 heteroatoms. The van der Waals surface area contributed by atoms with Crippen molar-refractivity contribution in [2.24, 2.45) is 0 Å². The van der Waals surface area contributed by atoms with Crippen molar-refractivity contribution in [1.29, 1.82) is 0 Å². The molecule has 0 radical (unpaired) electrons. The van der Waals surface area contributed by atoms with Crippen molar-refractivity contribution in [2.75, 3.05) is 18.8 Å². The molecule has 0 saturated carbocycles. The van der Waals surface area contributed by atoms with E-state index in [9.17, 15) is 0 Å². The minimum absolute atomic E-state index is 1.06. The van der Waals surface area contributed by atoms with Gasteiger partial charge in [0, 0.05) is 22.1 Å². The van der Waals surface area contributed by atoms with Crippen molar-refractivity contribution in [1.82, 2.24) is 5.32 Å². The molecular formula is C14H16BrNS2. The summed E-state index contributed by atoms with van der Waals surface area (Å²) in [5.41, 5.74) is 0. The normalized spacial score (nSPS) is 10.7. The summed E-state index contributed by atoms with van der Waals surface area (Å²) in [7, 11) is 0. The largest absolute Gasteiger partial charge is 0.316 e. The number of hydrogen-bond donors (Lipinski definition) is 1. The van der Waals surface area contributed by atoms with Crippen LogP contribution in [0.15, 0.2) is 51.1 Å². The fourth-order valence-electron chi connectivity index (χ4n) is 1.58. The van der Waals surface area contributed by atoms with Gasteiger partial charge >= 0.3 is 0 Å². The molecule has 1 aromatic heterocycles. The number of nitrogens with one attached hydrogen (secondary N) is 1. The summed E-state index contributed by atoms with van der Waals surface area (Å²) in [4.78, 5) is 2.78. The second kappa shape index (κ2) is 8.00. The molecule has 2 rings (SSSR count). The van der Waals surface area contributed by atoms with Gasteiger partial charge in [0.2, 0.25) is 0 Å². The van der Waals surface area contributed by atoms with Gasteiger partial charge in [0.05, 0.1) is 3.79 Å². The molecule has 96 valence electrons. The lowest BCUT2D eigenvalue weighted by atomic mass is 10.3. The van der Waals surface area contributed by atoms with E-state index in [0.717, 1.165) is 25.3 Å². The van der Waals surface area contributed by atoms with Crippen LogP contribution in [0.5, 0.6) is 0 Å². The molecule has 1 heterocycles. The Bertz CT molecular complexity index is 456. The summed E-state index contributed by atoms with van der Waals surface area (Å²) in [6.07, 6.45) is 1.12. The van der Waals surface area contributed by atoms with E-state index in [2.05, 4.69) is 63.7 Å². The molecule has 0 spiro atoms. The zero-order chi connectivity index (χ0) is 12.6. The molecule has 0 aliphatic heterocycles. The first-order valence-corrected chi connectivity index (χ1v) is 8.57. The highest BCUT2D eigenvalue weighted by atomic mass is 79.9. The molecule has 18 heavy (non-hydrogen) atoms. The molecular weight excluding hydrogens is 326 g/mol. The quantitative estimate of drug-likeness (QED) is 0.590. The van der Waals surface area contributed by atoms with Gasteiger partial charge in [-0.05, 0) is 53.2 Å². The Morgan fingerprint density at radius 1 is 1.06 bits per heavy atom. The van der Waals surface area contributed by atoms with Gasteiger partial charge in [0.15, 0.2) is 0 Å². The second-order valence-corrected chi connectivity index (χ2v) is 7.58. The van der Waals surface area contributed by atoms with Crippen LogP contribution in [0.2, 0.25) is 0 Å². The molecule has 0 unspecified atom stereocenters. The lowest BCUT2D eigenvalue weighted by Crippen LogP contribution is -2.19. The highest BCUT2D eigenvalue weighted by Crippen LogP contribution is 2.22. The maximum Gasteiger partial charge on any atom is 0.0701 e. The van der Waals surface area contributed by atoms with Crippen LogP contribution >= 0.6 is 39.0 Å². The molecule has 0 aliphatic carbocycles. The highest BCUT2D eigenvalue weighted by Gasteiger charge is 1.97. The monoisotopic (exact) mass is 341 g/mol. The summed E-state index contributed by atoms with van der Waals surface area (Å²) >= 11 is 7.21. The van der Waals surface area contributed by atoms with Crippen LogP contribution in [-0.4, -0.2) is 18.8 Å². The average molecular weight is 342 g/mol. The van der Waals surface area contributed by atoms with E-state index in [4.69, 9.17) is 0 Å². The third kappa shape index (κ3) is 5.14. The van der Waals surface area contributed by atoms with Crippen LogP contribution in [0.25, 0.3) is 0 Å². The molecule has 0 saturated heterocycles. The summed E-state index contributed by atoms with van der Waals surface area (Å²) in [6, 6.07) is 14.9. The van der Waals surface area contributed by atoms with Crippen LogP contribution in [-0.2, 0) is 6.42 Å². The third-order valence-electron chi connectivity index (χ3n) is 2.47. The number of rotatable bonds is 7. The summed E-state index contributed by atoms with van der Waals surface area (Å²) in [6.45, 7) is 2.12. The van der Waals surface area contributed by atoms with Gasteiger partial charge < -0.3 is 5.32 Å². The van der Waals surface area contributed by atoms with E-state index in [1.54, 1.807) is 0 Å².